The number of benzene rings is 1. The number of amides is 1. The van der Waals surface area contributed by atoms with Gasteiger partial charge in [-0.15, -0.1) is 0 Å². The smallest absolute Gasteiger partial charge is 0.230 e. The van der Waals surface area contributed by atoms with Gasteiger partial charge in [-0.2, -0.15) is 0 Å². The van der Waals surface area contributed by atoms with Crippen LogP contribution in [-0.4, -0.2) is 18.6 Å². The number of nitrogen functional groups attached to an aromatic ring is 1. The number of hydrogen-bond acceptors (Lipinski definition) is 3. The third-order valence-corrected chi connectivity index (χ3v) is 3.87. The maximum Gasteiger partial charge on any atom is 0.230 e. The molecule has 1 aliphatic heterocycles. The van der Waals surface area contributed by atoms with Gasteiger partial charge in [0.05, 0.1) is 23.4 Å². The summed E-state index contributed by atoms with van der Waals surface area (Å²) in [5.74, 6) is -0.0506. The molecule has 2 rings (SSSR count). The van der Waals surface area contributed by atoms with Crippen molar-refractivity contribution in [3.63, 3.8) is 0 Å². The van der Waals surface area contributed by atoms with Crippen LogP contribution in [0.1, 0.15) is 30.9 Å². The van der Waals surface area contributed by atoms with Crippen molar-refractivity contribution in [2.24, 2.45) is 5.92 Å². The Bertz CT molecular complexity index is 485. The highest BCUT2D eigenvalue weighted by Gasteiger charge is 2.32. The second kappa shape index (κ2) is 5.61. The Morgan fingerprint density at radius 1 is 1.42 bits per heavy atom. The van der Waals surface area contributed by atoms with Crippen molar-refractivity contribution in [1.29, 1.82) is 0 Å². The van der Waals surface area contributed by atoms with E-state index in [4.69, 9.17) is 10.5 Å². The Labute approximate surface area is 114 Å². The summed E-state index contributed by atoms with van der Waals surface area (Å²) in [7, 11) is 0. The first-order valence-electron chi connectivity index (χ1n) is 6.82. The predicted octanol–water partition coefficient (Wildman–Crippen LogP) is 2.64. The number of nitrogens with two attached hydrogens (primary N) is 1. The number of anilines is 2. The van der Waals surface area contributed by atoms with Crippen LogP contribution in [0.25, 0.3) is 0 Å². The van der Waals surface area contributed by atoms with E-state index in [0.29, 0.717) is 18.0 Å². The summed E-state index contributed by atoms with van der Waals surface area (Å²) < 4.78 is 5.55. The summed E-state index contributed by atoms with van der Waals surface area (Å²) in [4.78, 5) is 12.3. The van der Waals surface area contributed by atoms with E-state index in [2.05, 4.69) is 5.32 Å². The maximum atomic E-state index is 12.3. The maximum absolute atomic E-state index is 12.3. The number of carbonyl (C=O) groups is 1. The van der Waals surface area contributed by atoms with Crippen LogP contribution in [0.4, 0.5) is 11.4 Å². The van der Waals surface area contributed by atoms with E-state index < -0.39 is 0 Å². The topological polar surface area (TPSA) is 64.3 Å². The Kier molecular flexibility index (Phi) is 4.10. The van der Waals surface area contributed by atoms with Gasteiger partial charge in [-0.25, -0.2) is 0 Å². The van der Waals surface area contributed by atoms with Crippen molar-refractivity contribution in [3.05, 3.63) is 23.3 Å². The van der Waals surface area contributed by atoms with E-state index in [1.54, 1.807) is 0 Å². The lowest BCUT2D eigenvalue weighted by molar-refractivity contribution is -0.121. The van der Waals surface area contributed by atoms with Gasteiger partial charge in [0.2, 0.25) is 5.91 Å². The molecule has 4 nitrogen and oxygen atoms in total. The van der Waals surface area contributed by atoms with Crippen molar-refractivity contribution in [2.45, 2.75) is 39.7 Å². The molecule has 1 aromatic carbocycles. The summed E-state index contributed by atoms with van der Waals surface area (Å²) in [6, 6.07) is 3.83. The van der Waals surface area contributed by atoms with Crippen LogP contribution < -0.4 is 11.1 Å². The molecule has 0 spiro atoms. The van der Waals surface area contributed by atoms with Crippen molar-refractivity contribution in [3.8, 4) is 0 Å². The Hall–Kier alpha value is -1.55. The van der Waals surface area contributed by atoms with Gasteiger partial charge in [-0.1, -0.05) is 6.92 Å². The van der Waals surface area contributed by atoms with Gasteiger partial charge in [-0.3, -0.25) is 4.79 Å². The van der Waals surface area contributed by atoms with Crippen molar-refractivity contribution in [1.82, 2.24) is 0 Å². The van der Waals surface area contributed by atoms with E-state index in [-0.39, 0.29) is 17.9 Å². The second-order valence-electron chi connectivity index (χ2n) is 5.23. The summed E-state index contributed by atoms with van der Waals surface area (Å²) in [6.45, 7) is 6.73. The fourth-order valence-corrected chi connectivity index (χ4v) is 2.52. The molecule has 4 heteroatoms. The third-order valence-electron chi connectivity index (χ3n) is 3.87. The zero-order chi connectivity index (χ0) is 14.0. The number of nitrogens with one attached hydrogen (secondary N) is 1. The van der Waals surface area contributed by atoms with Crippen molar-refractivity contribution >= 4 is 17.3 Å². The Morgan fingerprint density at radius 3 is 2.79 bits per heavy atom. The quantitative estimate of drug-likeness (QED) is 0.823. The second-order valence-corrected chi connectivity index (χ2v) is 5.23. The van der Waals surface area contributed by atoms with E-state index in [1.165, 1.54) is 0 Å². The molecule has 0 aromatic heterocycles. The van der Waals surface area contributed by atoms with E-state index in [0.717, 1.165) is 24.0 Å². The summed E-state index contributed by atoms with van der Waals surface area (Å²) in [5, 5.41) is 2.94. The molecule has 1 aromatic rings. The molecular weight excluding hydrogens is 240 g/mol. The number of hydrogen-bond donors (Lipinski definition) is 2. The highest BCUT2D eigenvalue weighted by molar-refractivity contribution is 5.96. The normalized spacial score (nSPS) is 22.5. The van der Waals surface area contributed by atoms with Crippen molar-refractivity contribution < 1.29 is 9.53 Å². The van der Waals surface area contributed by atoms with E-state index in [9.17, 15) is 4.79 Å². The molecule has 0 aliphatic carbocycles. The van der Waals surface area contributed by atoms with Crippen LogP contribution in [0.2, 0.25) is 0 Å². The fraction of sp³-hybridized carbons (Fsp3) is 0.533. The Morgan fingerprint density at radius 2 is 2.11 bits per heavy atom. The van der Waals surface area contributed by atoms with Crippen LogP contribution in [-0.2, 0) is 9.53 Å². The van der Waals surface area contributed by atoms with Gasteiger partial charge in [0.15, 0.2) is 0 Å². The van der Waals surface area contributed by atoms with Crippen LogP contribution in [0.5, 0.6) is 0 Å². The first-order chi connectivity index (χ1) is 9.02. The third kappa shape index (κ3) is 2.89. The highest BCUT2D eigenvalue weighted by Crippen LogP contribution is 2.27. The number of aryl methyl sites for hydroxylation is 2. The molecule has 1 saturated heterocycles. The molecule has 0 saturated carbocycles. The predicted molar refractivity (Wildman–Crippen MR) is 77.1 cm³/mol. The molecule has 2 unspecified atom stereocenters. The first-order valence-corrected chi connectivity index (χ1v) is 6.82. The summed E-state index contributed by atoms with van der Waals surface area (Å²) >= 11 is 0. The fourth-order valence-electron chi connectivity index (χ4n) is 2.52. The van der Waals surface area contributed by atoms with Gasteiger partial charge in [0.25, 0.3) is 0 Å². The monoisotopic (exact) mass is 262 g/mol. The van der Waals surface area contributed by atoms with Gasteiger partial charge >= 0.3 is 0 Å². The largest absolute Gasteiger partial charge is 0.397 e. The van der Waals surface area contributed by atoms with Crippen LogP contribution in [0.3, 0.4) is 0 Å². The number of carbonyl (C=O) groups excluding carboxylic acids is 1. The van der Waals surface area contributed by atoms with E-state index >= 15 is 0 Å². The molecule has 19 heavy (non-hydrogen) atoms. The summed E-state index contributed by atoms with van der Waals surface area (Å²) in [6.07, 6.45) is 1.68. The highest BCUT2D eigenvalue weighted by atomic mass is 16.5. The lowest BCUT2D eigenvalue weighted by Gasteiger charge is -2.18. The molecule has 2 atom stereocenters. The van der Waals surface area contributed by atoms with Gasteiger partial charge < -0.3 is 15.8 Å². The zero-order valence-electron chi connectivity index (χ0n) is 11.8. The minimum atomic E-state index is -0.0639. The van der Waals surface area contributed by atoms with E-state index in [1.807, 2.05) is 32.9 Å². The average molecular weight is 262 g/mol. The average Bonchev–Trinajstić information content (AvgIpc) is 2.84. The SMILES string of the molecule is CCC1OCCC1C(=O)Nc1cc(C)c(C)cc1N. The first kappa shape index (κ1) is 13.9. The molecule has 0 bridgehead atoms. The van der Waals surface area contributed by atoms with Crippen molar-refractivity contribution in [2.75, 3.05) is 17.7 Å². The minimum Gasteiger partial charge on any atom is -0.397 e. The van der Waals surface area contributed by atoms with Gasteiger partial charge in [0, 0.05) is 6.61 Å². The van der Waals surface area contributed by atoms with Gasteiger partial charge in [0.1, 0.15) is 0 Å². The molecule has 3 N–H and O–H groups in total. The molecule has 1 amide bonds. The molecule has 1 fully saturated rings. The standard InChI is InChI=1S/C15H22N2O2/c1-4-14-11(5-6-19-14)15(18)17-13-8-10(3)9(2)7-12(13)16/h7-8,11,14H,4-6,16H2,1-3H3,(H,17,18). The molecule has 1 heterocycles. The molecule has 104 valence electrons. The summed E-state index contributed by atoms with van der Waals surface area (Å²) in [5.41, 5.74) is 9.53. The lowest BCUT2D eigenvalue weighted by atomic mass is 9.98. The van der Waals surface area contributed by atoms with Gasteiger partial charge in [-0.05, 0) is 49.9 Å². The minimum absolute atomic E-state index is 0.0132. The van der Waals surface area contributed by atoms with Crippen LogP contribution in [0, 0.1) is 19.8 Å². The van der Waals surface area contributed by atoms with Crippen LogP contribution >= 0.6 is 0 Å². The number of ether oxygens (including phenoxy) is 1. The lowest BCUT2D eigenvalue weighted by Crippen LogP contribution is -2.29. The molecule has 1 aliphatic rings. The Balaban J connectivity index is 2.13. The number of rotatable bonds is 3. The van der Waals surface area contributed by atoms with Crippen LogP contribution in [0.15, 0.2) is 12.1 Å². The zero-order valence-corrected chi connectivity index (χ0v) is 11.8. The molecule has 0 radical (unpaired) electrons. The molecular formula is C15H22N2O2.